The van der Waals surface area contributed by atoms with Crippen molar-refractivity contribution in [3.63, 3.8) is 0 Å². The van der Waals surface area contributed by atoms with Gasteiger partial charge in [-0.05, 0) is 50.6 Å². The Morgan fingerprint density at radius 3 is 2.67 bits per heavy atom. The molecule has 1 aliphatic rings. The van der Waals surface area contributed by atoms with Gasteiger partial charge in [0.2, 0.25) is 0 Å². The monoisotopic (exact) mass is 287 g/mol. The normalized spacial score (nSPS) is 17.0. The summed E-state index contributed by atoms with van der Waals surface area (Å²) in [6, 6.07) is 3.88. The van der Waals surface area contributed by atoms with Crippen molar-refractivity contribution in [3.8, 4) is 0 Å². The summed E-state index contributed by atoms with van der Waals surface area (Å²) in [5.41, 5.74) is 1.89. The SMILES string of the molecule is Cc1ccn2c(CN3CCCCCC3)nc(C(=O)O)c2c1. The third-order valence-corrected chi connectivity index (χ3v) is 4.14. The van der Waals surface area contributed by atoms with Crippen molar-refractivity contribution in [2.75, 3.05) is 13.1 Å². The van der Waals surface area contributed by atoms with Crippen LogP contribution in [-0.4, -0.2) is 38.4 Å². The highest BCUT2D eigenvalue weighted by atomic mass is 16.4. The number of aromatic nitrogens is 2. The molecular weight excluding hydrogens is 266 g/mol. The van der Waals surface area contributed by atoms with E-state index in [0.717, 1.165) is 31.0 Å². The number of imidazole rings is 1. The molecule has 0 atom stereocenters. The molecule has 0 bridgehead atoms. The number of rotatable bonds is 3. The Hall–Kier alpha value is -1.88. The largest absolute Gasteiger partial charge is 0.476 e. The first-order valence-corrected chi connectivity index (χ1v) is 7.58. The lowest BCUT2D eigenvalue weighted by Gasteiger charge is -2.18. The van der Waals surface area contributed by atoms with E-state index >= 15 is 0 Å². The van der Waals surface area contributed by atoms with E-state index in [1.807, 2.05) is 29.7 Å². The third kappa shape index (κ3) is 2.93. The van der Waals surface area contributed by atoms with Gasteiger partial charge in [-0.2, -0.15) is 0 Å². The third-order valence-electron chi connectivity index (χ3n) is 4.14. The molecule has 3 heterocycles. The second kappa shape index (κ2) is 5.85. The van der Waals surface area contributed by atoms with Gasteiger partial charge in [-0.25, -0.2) is 9.78 Å². The maximum atomic E-state index is 11.4. The summed E-state index contributed by atoms with van der Waals surface area (Å²) < 4.78 is 1.92. The van der Waals surface area contributed by atoms with Crippen LogP contribution in [0.25, 0.3) is 5.52 Å². The first kappa shape index (κ1) is 14.1. The van der Waals surface area contributed by atoms with E-state index in [2.05, 4.69) is 9.88 Å². The Balaban J connectivity index is 1.96. The Kier molecular flexibility index (Phi) is 3.92. The van der Waals surface area contributed by atoms with Gasteiger partial charge in [0.1, 0.15) is 5.82 Å². The number of carboxylic acids is 1. The van der Waals surface area contributed by atoms with Crippen LogP contribution in [0.5, 0.6) is 0 Å². The molecule has 1 N–H and O–H groups in total. The van der Waals surface area contributed by atoms with Gasteiger partial charge in [-0.3, -0.25) is 4.90 Å². The first-order chi connectivity index (χ1) is 10.1. The van der Waals surface area contributed by atoms with Gasteiger partial charge in [-0.15, -0.1) is 0 Å². The minimum absolute atomic E-state index is 0.156. The van der Waals surface area contributed by atoms with E-state index < -0.39 is 5.97 Å². The molecule has 0 spiro atoms. The number of carbonyl (C=O) groups is 1. The zero-order valence-electron chi connectivity index (χ0n) is 12.4. The zero-order chi connectivity index (χ0) is 14.8. The van der Waals surface area contributed by atoms with Crippen molar-refractivity contribution in [1.29, 1.82) is 0 Å². The molecule has 0 radical (unpaired) electrons. The van der Waals surface area contributed by atoms with E-state index in [4.69, 9.17) is 0 Å². The minimum Gasteiger partial charge on any atom is -0.476 e. The van der Waals surface area contributed by atoms with E-state index in [-0.39, 0.29) is 5.69 Å². The van der Waals surface area contributed by atoms with E-state index in [0.29, 0.717) is 5.52 Å². The second-order valence-electron chi connectivity index (χ2n) is 5.83. The van der Waals surface area contributed by atoms with Gasteiger partial charge in [0.05, 0.1) is 12.1 Å². The molecule has 2 aromatic heterocycles. The number of pyridine rings is 1. The van der Waals surface area contributed by atoms with Crippen molar-refractivity contribution in [1.82, 2.24) is 14.3 Å². The Morgan fingerprint density at radius 1 is 1.29 bits per heavy atom. The molecule has 5 heteroatoms. The molecule has 1 saturated heterocycles. The summed E-state index contributed by atoms with van der Waals surface area (Å²) >= 11 is 0. The first-order valence-electron chi connectivity index (χ1n) is 7.58. The number of fused-ring (bicyclic) bond motifs is 1. The van der Waals surface area contributed by atoms with Crippen LogP contribution >= 0.6 is 0 Å². The van der Waals surface area contributed by atoms with Crippen LogP contribution in [-0.2, 0) is 6.54 Å². The summed E-state index contributed by atoms with van der Waals surface area (Å²) in [7, 11) is 0. The van der Waals surface area contributed by atoms with Crippen LogP contribution in [0.15, 0.2) is 18.3 Å². The summed E-state index contributed by atoms with van der Waals surface area (Å²) in [5.74, 6) is -0.135. The Labute approximate surface area is 124 Å². The predicted octanol–water partition coefficient (Wildman–Crippen LogP) is 2.72. The minimum atomic E-state index is -0.958. The van der Waals surface area contributed by atoms with Crippen LogP contribution in [0.3, 0.4) is 0 Å². The number of hydrogen-bond acceptors (Lipinski definition) is 3. The van der Waals surface area contributed by atoms with Crippen LogP contribution in [0, 0.1) is 6.92 Å². The lowest BCUT2D eigenvalue weighted by molar-refractivity contribution is 0.0693. The van der Waals surface area contributed by atoms with Crippen molar-refractivity contribution in [2.24, 2.45) is 0 Å². The molecular formula is C16H21N3O2. The fourth-order valence-electron chi connectivity index (χ4n) is 3.02. The lowest BCUT2D eigenvalue weighted by Crippen LogP contribution is -2.25. The van der Waals surface area contributed by atoms with Crippen LogP contribution in [0.4, 0.5) is 0 Å². The number of nitrogens with zero attached hydrogens (tertiary/aromatic N) is 3. The van der Waals surface area contributed by atoms with Crippen LogP contribution in [0.2, 0.25) is 0 Å². The average molecular weight is 287 g/mol. The summed E-state index contributed by atoms with van der Waals surface area (Å²) in [6.07, 6.45) is 6.94. The predicted molar refractivity (Wildman–Crippen MR) is 80.6 cm³/mol. The van der Waals surface area contributed by atoms with Crippen molar-refractivity contribution in [2.45, 2.75) is 39.2 Å². The Bertz CT molecular complexity index is 655. The fraction of sp³-hybridized carbons (Fsp3) is 0.500. The molecule has 3 rings (SSSR count). The number of aromatic carboxylic acids is 1. The smallest absolute Gasteiger partial charge is 0.356 e. The molecule has 1 aliphatic heterocycles. The fourth-order valence-corrected chi connectivity index (χ4v) is 3.02. The highest BCUT2D eigenvalue weighted by Gasteiger charge is 2.19. The van der Waals surface area contributed by atoms with E-state index in [1.165, 1.54) is 25.7 Å². The molecule has 112 valence electrons. The van der Waals surface area contributed by atoms with Gasteiger partial charge < -0.3 is 9.51 Å². The average Bonchev–Trinajstić information content (AvgIpc) is 2.62. The molecule has 0 amide bonds. The maximum Gasteiger partial charge on any atom is 0.356 e. The quantitative estimate of drug-likeness (QED) is 0.943. The van der Waals surface area contributed by atoms with Gasteiger partial charge in [-0.1, -0.05) is 12.8 Å². The Morgan fingerprint density at radius 2 is 2.00 bits per heavy atom. The van der Waals surface area contributed by atoms with Gasteiger partial charge in [0, 0.05) is 6.20 Å². The molecule has 0 aromatic carbocycles. The number of likely N-dealkylation sites (tertiary alicyclic amines) is 1. The molecule has 0 unspecified atom stereocenters. The van der Waals surface area contributed by atoms with Gasteiger partial charge in [0.15, 0.2) is 5.69 Å². The van der Waals surface area contributed by atoms with Gasteiger partial charge in [0.25, 0.3) is 0 Å². The van der Waals surface area contributed by atoms with Crippen molar-refractivity contribution >= 4 is 11.5 Å². The lowest BCUT2D eigenvalue weighted by atomic mass is 10.2. The second-order valence-corrected chi connectivity index (χ2v) is 5.83. The molecule has 2 aromatic rings. The molecule has 0 saturated carbocycles. The van der Waals surface area contributed by atoms with E-state index in [9.17, 15) is 9.90 Å². The highest BCUT2D eigenvalue weighted by molar-refractivity contribution is 5.93. The molecule has 0 aliphatic carbocycles. The zero-order valence-corrected chi connectivity index (χ0v) is 12.4. The number of hydrogen-bond donors (Lipinski definition) is 1. The molecule has 5 nitrogen and oxygen atoms in total. The van der Waals surface area contributed by atoms with Gasteiger partial charge >= 0.3 is 5.97 Å². The topological polar surface area (TPSA) is 57.8 Å². The number of carboxylic acid groups (broad SMARTS) is 1. The maximum absolute atomic E-state index is 11.4. The summed E-state index contributed by atoms with van der Waals surface area (Å²) in [5, 5.41) is 9.35. The highest BCUT2D eigenvalue weighted by Crippen LogP contribution is 2.18. The number of aryl methyl sites for hydroxylation is 1. The molecule has 21 heavy (non-hydrogen) atoms. The summed E-state index contributed by atoms with van der Waals surface area (Å²) in [6.45, 7) is 4.83. The van der Waals surface area contributed by atoms with Crippen LogP contribution < -0.4 is 0 Å². The van der Waals surface area contributed by atoms with Crippen molar-refractivity contribution < 1.29 is 9.90 Å². The van der Waals surface area contributed by atoms with Crippen LogP contribution in [0.1, 0.15) is 47.6 Å². The van der Waals surface area contributed by atoms with Crippen molar-refractivity contribution in [3.05, 3.63) is 35.4 Å². The standard InChI is InChI=1S/C16H21N3O2/c1-12-6-9-19-13(10-12)15(16(20)21)17-14(19)11-18-7-4-2-3-5-8-18/h6,9-10H,2-5,7-8,11H2,1H3,(H,20,21). The molecule has 1 fully saturated rings. The summed E-state index contributed by atoms with van der Waals surface area (Å²) in [4.78, 5) is 18.2. The van der Waals surface area contributed by atoms with E-state index in [1.54, 1.807) is 0 Å².